The molecule has 0 amide bonds. The molecule has 50 heavy (non-hydrogen) atoms. The quantitative estimate of drug-likeness (QED) is 0.167. The van der Waals surface area contributed by atoms with Crippen LogP contribution in [0.1, 0.15) is 50.2 Å². The molecule has 0 bridgehead atoms. The Bertz CT molecular complexity index is 1640. The zero-order chi connectivity index (χ0) is 35.9. The number of allylic oxidation sites excluding steroid dienone is 1. The van der Waals surface area contributed by atoms with E-state index in [1.165, 1.54) is 26.4 Å². The van der Waals surface area contributed by atoms with Gasteiger partial charge in [-0.25, -0.2) is 19.2 Å². The fraction of sp³-hybridized carbons (Fsp3) is 0.541. The number of esters is 4. The molecule has 0 radical (unpaired) electrons. The third-order valence-corrected chi connectivity index (χ3v) is 11.2. The van der Waals surface area contributed by atoms with Crippen molar-refractivity contribution in [3.8, 4) is 0 Å². The number of rotatable bonds is 7. The van der Waals surface area contributed by atoms with Crippen LogP contribution in [0.3, 0.4) is 0 Å². The lowest BCUT2D eigenvalue weighted by Crippen LogP contribution is -2.65. The number of cyclic esters (lactones) is 1. The molecule has 13 heteroatoms. The van der Waals surface area contributed by atoms with E-state index in [0.29, 0.717) is 16.8 Å². The second kappa shape index (κ2) is 14.1. The Hall–Kier alpha value is -4.33. The highest BCUT2D eigenvalue weighted by Crippen LogP contribution is 2.66. The van der Waals surface area contributed by atoms with E-state index in [-0.39, 0.29) is 30.8 Å². The number of nitrogens with zero attached hydrogens (tertiary/aromatic N) is 1. The predicted octanol–water partition coefficient (Wildman–Crippen LogP) is 2.93. The summed E-state index contributed by atoms with van der Waals surface area (Å²) in [6.07, 6.45) is 5.81. The number of hydrogen-bond acceptors (Lipinski definition) is 12. The van der Waals surface area contributed by atoms with Crippen LogP contribution in [0.25, 0.3) is 0 Å². The van der Waals surface area contributed by atoms with E-state index in [4.69, 9.17) is 23.7 Å². The van der Waals surface area contributed by atoms with Crippen molar-refractivity contribution in [3.63, 3.8) is 0 Å². The van der Waals surface area contributed by atoms with Crippen molar-refractivity contribution in [2.24, 2.45) is 41.4 Å². The minimum Gasteiger partial charge on any atom is -0.457 e. The molecule has 13 nitrogen and oxygen atoms in total. The number of methoxy groups -OCH3 is 1. The van der Waals surface area contributed by atoms with Gasteiger partial charge in [0.05, 0.1) is 11.7 Å². The molecule has 4 aliphatic rings. The first kappa shape index (κ1) is 35.5. The van der Waals surface area contributed by atoms with Gasteiger partial charge in [-0.2, -0.15) is 0 Å². The van der Waals surface area contributed by atoms with Gasteiger partial charge in [0, 0.05) is 55.3 Å². The molecule has 2 aromatic rings. The number of carbonyl (C=O) groups is 4. The number of fused-ring (bicyclic) bond motifs is 6. The summed E-state index contributed by atoms with van der Waals surface area (Å²) >= 11 is 0. The van der Waals surface area contributed by atoms with Gasteiger partial charge in [-0.1, -0.05) is 32.1 Å². The standard InChI is InChI=1S/C37H44N2O11/c1-18-15-19(2)37(45)23(8-9-24-27-28(29(24)37)30(40)20(3)32(27)50-33(41)25-7-6-12-39-25)16-26(46-5)34(42)49-31(18)21(4)48-36(44)35(43)47-17-22-10-13-38-14-11-22/h6-15,18,20-21,23-24,26-32,39-40,45H,16-17H2,1-5H3/b19-15+/t18-,20-,21-,23-,24?,26+,27+,28?,29?,30-,31+,32-,37+/m1/s1. The molecule has 6 rings (SSSR count). The van der Waals surface area contributed by atoms with E-state index in [1.54, 1.807) is 50.4 Å². The molecule has 3 N–H and O–H groups in total. The third kappa shape index (κ3) is 6.26. The lowest BCUT2D eigenvalue weighted by Gasteiger charge is -2.61. The van der Waals surface area contributed by atoms with Crippen LogP contribution in [-0.4, -0.2) is 87.3 Å². The zero-order valence-electron chi connectivity index (χ0n) is 28.6. The number of aliphatic hydroxyl groups excluding tert-OH is 1. The van der Waals surface area contributed by atoms with Crippen molar-refractivity contribution in [1.29, 1.82) is 0 Å². The zero-order valence-corrected chi connectivity index (χ0v) is 28.6. The van der Waals surface area contributed by atoms with Crippen LogP contribution in [-0.2, 0) is 44.7 Å². The second-order valence-corrected chi connectivity index (χ2v) is 14.0. The number of hydrogen-bond donors (Lipinski definition) is 3. The largest absolute Gasteiger partial charge is 0.457 e. The highest BCUT2D eigenvalue weighted by Gasteiger charge is 2.71. The number of aromatic amines is 1. The average Bonchev–Trinajstić information content (AvgIpc) is 3.70. The van der Waals surface area contributed by atoms with E-state index in [0.717, 1.165) is 0 Å². The van der Waals surface area contributed by atoms with Gasteiger partial charge in [-0.05, 0) is 67.5 Å². The Morgan fingerprint density at radius 1 is 1.12 bits per heavy atom. The van der Waals surface area contributed by atoms with Gasteiger partial charge in [-0.15, -0.1) is 0 Å². The van der Waals surface area contributed by atoms with E-state index in [1.807, 2.05) is 19.1 Å². The van der Waals surface area contributed by atoms with Crippen LogP contribution in [0, 0.1) is 41.4 Å². The van der Waals surface area contributed by atoms with Gasteiger partial charge >= 0.3 is 23.9 Å². The van der Waals surface area contributed by atoms with Crippen LogP contribution < -0.4 is 0 Å². The minimum absolute atomic E-state index is 0.0710. The summed E-state index contributed by atoms with van der Waals surface area (Å²) in [5, 5.41) is 24.4. The van der Waals surface area contributed by atoms with E-state index in [9.17, 15) is 29.4 Å². The lowest BCUT2D eigenvalue weighted by molar-refractivity contribution is -0.190. The van der Waals surface area contributed by atoms with Gasteiger partial charge in [-0.3, -0.25) is 4.98 Å². The van der Waals surface area contributed by atoms with Crippen LogP contribution in [0.15, 0.2) is 66.7 Å². The maximum Gasteiger partial charge on any atom is 0.417 e. The lowest BCUT2D eigenvalue weighted by atomic mass is 9.46. The molecular weight excluding hydrogens is 648 g/mol. The van der Waals surface area contributed by atoms with Crippen molar-refractivity contribution in [2.75, 3.05) is 7.11 Å². The van der Waals surface area contributed by atoms with E-state index in [2.05, 4.69) is 9.97 Å². The monoisotopic (exact) mass is 692 g/mol. The van der Waals surface area contributed by atoms with Crippen LogP contribution in [0.2, 0.25) is 0 Å². The second-order valence-electron chi connectivity index (χ2n) is 14.0. The van der Waals surface area contributed by atoms with Crippen molar-refractivity contribution < 1.29 is 53.1 Å². The van der Waals surface area contributed by atoms with Gasteiger partial charge in [0.2, 0.25) is 0 Å². The molecular formula is C37H44N2O11. The summed E-state index contributed by atoms with van der Waals surface area (Å²) in [6, 6.07) is 6.62. The molecule has 2 fully saturated rings. The summed E-state index contributed by atoms with van der Waals surface area (Å²) in [7, 11) is 1.38. The number of nitrogens with one attached hydrogen (secondary N) is 1. The first-order chi connectivity index (χ1) is 23.9. The average molecular weight is 693 g/mol. The normalized spacial score (nSPS) is 37.7. The predicted molar refractivity (Wildman–Crippen MR) is 175 cm³/mol. The van der Waals surface area contributed by atoms with Crippen molar-refractivity contribution in [1.82, 2.24) is 9.97 Å². The highest BCUT2D eigenvalue weighted by atomic mass is 16.6. The molecule has 1 aliphatic heterocycles. The molecule has 3 unspecified atom stereocenters. The Morgan fingerprint density at radius 3 is 2.54 bits per heavy atom. The van der Waals surface area contributed by atoms with Gasteiger partial charge < -0.3 is 38.9 Å². The molecule has 2 aromatic heterocycles. The Labute approximate surface area is 290 Å². The highest BCUT2D eigenvalue weighted by molar-refractivity contribution is 6.29. The number of pyridine rings is 1. The van der Waals surface area contributed by atoms with Crippen LogP contribution >= 0.6 is 0 Å². The van der Waals surface area contributed by atoms with E-state index < -0.39 is 83.7 Å². The fourth-order valence-corrected chi connectivity index (χ4v) is 8.71. The number of aromatic nitrogens is 2. The van der Waals surface area contributed by atoms with E-state index >= 15 is 0 Å². The SMILES string of the molecule is CO[C@H]1C[C@H]2C=CC3C(C4[C@H]3[C@H](OC(=O)c3ccc[nH]3)[C@H](C)[C@H]4O)[C@]2(O)/C(C)=C/[C@@H](C)[C@@H]([C@@H](C)OC(=O)C(=O)OCc2ccncc2)OC1=O. The number of H-pyrrole nitrogens is 1. The molecule has 268 valence electrons. The maximum absolute atomic E-state index is 13.5. The first-order valence-corrected chi connectivity index (χ1v) is 17.0. The topological polar surface area (TPSA) is 184 Å². The molecule has 13 atom stereocenters. The van der Waals surface area contributed by atoms with Gasteiger partial charge in [0.15, 0.2) is 6.10 Å². The Balaban J connectivity index is 1.24. The maximum atomic E-state index is 13.5. The Kier molecular flexibility index (Phi) is 10.0. The van der Waals surface area contributed by atoms with Crippen molar-refractivity contribution in [3.05, 3.63) is 77.9 Å². The molecule has 0 saturated heterocycles. The molecule has 3 aliphatic carbocycles. The number of ether oxygens (including phenoxy) is 5. The number of aliphatic hydroxyl groups is 2. The van der Waals surface area contributed by atoms with Crippen molar-refractivity contribution in [2.45, 2.75) is 76.8 Å². The summed E-state index contributed by atoms with van der Waals surface area (Å²) < 4.78 is 28.0. The minimum atomic E-state index is -1.51. The summed E-state index contributed by atoms with van der Waals surface area (Å²) in [5.41, 5.74) is 0.0333. The number of carbonyl (C=O) groups excluding carboxylic acids is 4. The summed E-state index contributed by atoms with van der Waals surface area (Å²) in [6.45, 7) is 6.77. The first-order valence-electron chi connectivity index (χ1n) is 17.0. The van der Waals surface area contributed by atoms with Crippen LogP contribution in [0.4, 0.5) is 0 Å². The molecule has 2 saturated carbocycles. The smallest absolute Gasteiger partial charge is 0.417 e. The molecule has 0 spiro atoms. The van der Waals surface area contributed by atoms with Crippen molar-refractivity contribution >= 4 is 23.9 Å². The third-order valence-electron chi connectivity index (χ3n) is 11.2. The van der Waals surface area contributed by atoms with Gasteiger partial charge in [0.1, 0.15) is 30.6 Å². The Morgan fingerprint density at radius 2 is 1.86 bits per heavy atom. The van der Waals surface area contributed by atoms with Crippen LogP contribution in [0.5, 0.6) is 0 Å². The fourth-order valence-electron chi connectivity index (χ4n) is 8.71. The molecule has 3 heterocycles. The summed E-state index contributed by atoms with van der Waals surface area (Å²) in [5.74, 6) is -6.50. The van der Waals surface area contributed by atoms with Gasteiger partial charge in [0.25, 0.3) is 0 Å². The molecule has 0 aromatic carbocycles. The summed E-state index contributed by atoms with van der Waals surface area (Å²) in [4.78, 5) is 58.4.